The number of hydrogen-bond donors (Lipinski definition) is 2. The minimum absolute atomic E-state index is 0.0180. The summed E-state index contributed by atoms with van der Waals surface area (Å²) in [6, 6.07) is 0. The van der Waals surface area contributed by atoms with E-state index in [9.17, 15) is 13.2 Å². The standard InChI is InChI=1S/C9H20N2O3S/c1-4-15(13,14)6-5-11-8(12)9(2,3)7-10/h4-7,10H2,1-3H3,(H,11,12). The van der Waals surface area contributed by atoms with Crippen molar-refractivity contribution in [3.05, 3.63) is 0 Å². The Kier molecular flexibility index (Phi) is 5.23. The zero-order valence-electron chi connectivity index (χ0n) is 9.54. The fourth-order valence-corrected chi connectivity index (χ4v) is 1.50. The maximum Gasteiger partial charge on any atom is 0.226 e. The summed E-state index contributed by atoms with van der Waals surface area (Å²) in [5, 5.41) is 2.57. The zero-order valence-corrected chi connectivity index (χ0v) is 10.4. The number of nitrogens with one attached hydrogen (secondary N) is 1. The van der Waals surface area contributed by atoms with E-state index in [1.54, 1.807) is 20.8 Å². The lowest BCUT2D eigenvalue weighted by atomic mass is 9.93. The highest BCUT2D eigenvalue weighted by molar-refractivity contribution is 7.91. The number of amides is 1. The largest absolute Gasteiger partial charge is 0.355 e. The van der Waals surface area contributed by atoms with Crippen molar-refractivity contribution in [3.63, 3.8) is 0 Å². The first-order valence-electron chi connectivity index (χ1n) is 4.94. The van der Waals surface area contributed by atoms with Gasteiger partial charge >= 0.3 is 0 Å². The minimum atomic E-state index is -3.01. The molecule has 0 saturated carbocycles. The first-order chi connectivity index (χ1) is 6.75. The molecule has 0 bridgehead atoms. The average molecular weight is 236 g/mol. The predicted octanol–water partition coefficient (Wildman–Crippen LogP) is -0.478. The second-order valence-corrected chi connectivity index (χ2v) is 6.55. The van der Waals surface area contributed by atoms with Crippen molar-refractivity contribution in [2.75, 3.05) is 24.6 Å². The summed E-state index contributed by atoms with van der Waals surface area (Å²) in [7, 11) is -3.01. The molecule has 0 radical (unpaired) electrons. The topological polar surface area (TPSA) is 89.3 Å². The van der Waals surface area contributed by atoms with Crippen LogP contribution in [0.15, 0.2) is 0 Å². The Labute approximate surface area is 91.3 Å². The molecule has 15 heavy (non-hydrogen) atoms. The molecule has 0 aromatic carbocycles. The highest BCUT2D eigenvalue weighted by Crippen LogP contribution is 2.11. The van der Waals surface area contributed by atoms with Crippen LogP contribution in [0.1, 0.15) is 20.8 Å². The molecule has 0 aromatic rings. The van der Waals surface area contributed by atoms with Crippen LogP contribution in [0, 0.1) is 5.41 Å². The van der Waals surface area contributed by atoms with E-state index in [1.165, 1.54) is 0 Å². The molecule has 0 rings (SSSR count). The van der Waals surface area contributed by atoms with Crippen LogP contribution in [0.25, 0.3) is 0 Å². The normalized spacial score (nSPS) is 12.5. The number of rotatable bonds is 6. The second kappa shape index (κ2) is 5.46. The monoisotopic (exact) mass is 236 g/mol. The van der Waals surface area contributed by atoms with Crippen LogP contribution in [0.2, 0.25) is 0 Å². The number of carbonyl (C=O) groups excluding carboxylic acids is 1. The van der Waals surface area contributed by atoms with Gasteiger partial charge in [0, 0.05) is 18.8 Å². The van der Waals surface area contributed by atoms with E-state index >= 15 is 0 Å². The molecular formula is C9H20N2O3S. The lowest BCUT2D eigenvalue weighted by molar-refractivity contribution is -0.128. The molecule has 0 heterocycles. The van der Waals surface area contributed by atoms with E-state index in [4.69, 9.17) is 5.73 Å². The molecule has 0 spiro atoms. The molecule has 0 fully saturated rings. The maximum atomic E-state index is 11.5. The lowest BCUT2D eigenvalue weighted by Crippen LogP contribution is -2.43. The van der Waals surface area contributed by atoms with Gasteiger partial charge in [0.25, 0.3) is 0 Å². The molecule has 6 heteroatoms. The van der Waals surface area contributed by atoms with Gasteiger partial charge in [0.15, 0.2) is 9.84 Å². The molecule has 0 aromatic heterocycles. The van der Waals surface area contributed by atoms with Gasteiger partial charge in [0.05, 0.1) is 11.2 Å². The predicted molar refractivity (Wildman–Crippen MR) is 60.2 cm³/mol. The van der Waals surface area contributed by atoms with Gasteiger partial charge in [-0.2, -0.15) is 0 Å². The van der Waals surface area contributed by atoms with Gasteiger partial charge < -0.3 is 11.1 Å². The fraction of sp³-hybridized carbons (Fsp3) is 0.889. The molecule has 0 aliphatic rings. The molecule has 0 aliphatic heterocycles. The van der Waals surface area contributed by atoms with E-state index < -0.39 is 15.3 Å². The van der Waals surface area contributed by atoms with Crippen molar-refractivity contribution >= 4 is 15.7 Å². The Morgan fingerprint density at radius 2 is 1.93 bits per heavy atom. The third-order valence-electron chi connectivity index (χ3n) is 2.26. The number of sulfone groups is 1. The van der Waals surface area contributed by atoms with Gasteiger partial charge in [-0.3, -0.25) is 4.79 Å². The molecule has 0 aliphatic carbocycles. The third kappa shape index (κ3) is 5.13. The molecular weight excluding hydrogens is 216 g/mol. The number of nitrogens with two attached hydrogens (primary N) is 1. The quantitative estimate of drug-likeness (QED) is 0.652. The smallest absolute Gasteiger partial charge is 0.226 e. The van der Waals surface area contributed by atoms with Crippen molar-refractivity contribution in [2.24, 2.45) is 11.1 Å². The van der Waals surface area contributed by atoms with Crippen molar-refractivity contribution in [1.29, 1.82) is 0 Å². The number of carbonyl (C=O) groups is 1. The van der Waals surface area contributed by atoms with Crippen LogP contribution in [0.3, 0.4) is 0 Å². The van der Waals surface area contributed by atoms with Crippen molar-refractivity contribution < 1.29 is 13.2 Å². The molecule has 1 amide bonds. The number of hydrogen-bond acceptors (Lipinski definition) is 4. The Balaban J connectivity index is 4.04. The Morgan fingerprint density at radius 3 is 2.33 bits per heavy atom. The average Bonchev–Trinajstić information content (AvgIpc) is 2.17. The van der Waals surface area contributed by atoms with Gasteiger partial charge in [-0.05, 0) is 13.8 Å². The minimum Gasteiger partial charge on any atom is -0.355 e. The molecule has 0 atom stereocenters. The maximum absolute atomic E-state index is 11.5. The second-order valence-electron chi connectivity index (χ2n) is 4.08. The van der Waals surface area contributed by atoms with E-state index in [1.807, 2.05) is 0 Å². The van der Waals surface area contributed by atoms with Crippen LogP contribution in [-0.2, 0) is 14.6 Å². The molecule has 3 N–H and O–H groups in total. The Hall–Kier alpha value is -0.620. The SMILES string of the molecule is CCS(=O)(=O)CCNC(=O)C(C)(C)CN. The van der Waals surface area contributed by atoms with Crippen LogP contribution in [0.4, 0.5) is 0 Å². The summed E-state index contributed by atoms with van der Waals surface area (Å²) >= 11 is 0. The zero-order chi connectivity index (χ0) is 12.1. The van der Waals surface area contributed by atoms with E-state index in [0.29, 0.717) is 0 Å². The van der Waals surface area contributed by atoms with Gasteiger partial charge in [-0.15, -0.1) is 0 Å². The van der Waals surface area contributed by atoms with Gasteiger partial charge in [-0.25, -0.2) is 8.42 Å². The van der Waals surface area contributed by atoms with Crippen molar-refractivity contribution in [2.45, 2.75) is 20.8 Å². The van der Waals surface area contributed by atoms with Crippen LogP contribution in [0.5, 0.6) is 0 Å². The van der Waals surface area contributed by atoms with Gasteiger partial charge in [-0.1, -0.05) is 6.92 Å². The van der Waals surface area contributed by atoms with Crippen molar-refractivity contribution in [3.8, 4) is 0 Å². The molecule has 5 nitrogen and oxygen atoms in total. The van der Waals surface area contributed by atoms with Gasteiger partial charge in [0.1, 0.15) is 0 Å². The summed E-state index contributed by atoms with van der Waals surface area (Å²) in [5.41, 5.74) is 4.77. The molecule has 90 valence electrons. The summed E-state index contributed by atoms with van der Waals surface area (Å²) in [4.78, 5) is 11.5. The lowest BCUT2D eigenvalue weighted by Gasteiger charge is -2.21. The summed E-state index contributed by atoms with van der Waals surface area (Å²) in [6.07, 6.45) is 0. The summed E-state index contributed by atoms with van der Waals surface area (Å²) in [5.74, 6) is -0.129. The van der Waals surface area contributed by atoms with E-state index in [0.717, 1.165) is 0 Å². The summed E-state index contributed by atoms with van der Waals surface area (Å²) in [6.45, 7) is 5.41. The Morgan fingerprint density at radius 1 is 1.40 bits per heavy atom. The van der Waals surface area contributed by atoms with E-state index in [2.05, 4.69) is 5.32 Å². The first-order valence-corrected chi connectivity index (χ1v) is 6.76. The fourth-order valence-electron chi connectivity index (χ4n) is 0.796. The van der Waals surface area contributed by atoms with Gasteiger partial charge in [0.2, 0.25) is 5.91 Å². The molecule has 0 unspecified atom stereocenters. The van der Waals surface area contributed by atoms with Crippen LogP contribution in [-0.4, -0.2) is 38.9 Å². The van der Waals surface area contributed by atoms with E-state index in [-0.39, 0.29) is 30.5 Å². The first kappa shape index (κ1) is 14.4. The Bertz CT molecular complexity index is 309. The highest BCUT2D eigenvalue weighted by Gasteiger charge is 2.25. The molecule has 0 saturated heterocycles. The third-order valence-corrected chi connectivity index (χ3v) is 3.97. The van der Waals surface area contributed by atoms with Crippen LogP contribution < -0.4 is 11.1 Å². The van der Waals surface area contributed by atoms with Crippen molar-refractivity contribution in [1.82, 2.24) is 5.32 Å². The summed E-state index contributed by atoms with van der Waals surface area (Å²) < 4.78 is 22.2. The highest BCUT2D eigenvalue weighted by atomic mass is 32.2. The van der Waals surface area contributed by atoms with Crippen LogP contribution >= 0.6 is 0 Å².